The van der Waals surface area contributed by atoms with Gasteiger partial charge in [-0.05, 0) is 51.0 Å². The van der Waals surface area contributed by atoms with Crippen molar-refractivity contribution in [1.82, 2.24) is 5.32 Å². The normalized spacial score (nSPS) is 13.3. The summed E-state index contributed by atoms with van der Waals surface area (Å²) in [4.78, 5) is 12.4. The van der Waals surface area contributed by atoms with E-state index in [9.17, 15) is 4.79 Å². The van der Waals surface area contributed by atoms with Gasteiger partial charge >= 0.3 is 0 Å². The Bertz CT molecular complexity index is 700. The van der Waals surface area contributed by atoms with Crippen molar-refractivity contribution in [3.05, 3.63) is 64.2 Å². The number of halogens is 1. The standard InChI is InChI=1S/C19H22ClNO2/c1-12-9-10-13(2)16(11-12)14(3)21-19(22)15(4)23-18-8-6-5-7-17(18)20/h5-11,14-15H,1-4H3,(H,21,22)/t14-,15+/m1/s1. The molecule has 0 heterocycles. The van der Waals surface area contributed by atoms with Gasteiger partial charge in [-0.1, -0.05) is 47.5 Å². The van der Waals surface area contributed by atoms with Gasteiger partial charge in [0.15, 0.2) is 6.10 Å². The Hall–Kier alpha value is -2.00. The maximum Gasteiger partial charge on any atom is 0.261 e. The van der Waals surface area contributed by atoms with Crippen molar-refractivity contribution < 1.29 is 9.53 Å². The first-order valence-electron chi connectivity index (χ1n) is 7.67. The molecular formula is C19H22ClNO2. The first kappa shape index (κ1) is 17.4. The third-order valence-electron chi connectivity index (χ3n) is 3.77. The molecule has 0 aliphatic heterocycles. The Labute approximate surface area is 142 Å². The molecule has 0 aliphatic carbocycles. The highest BCUT2D eigenvalue weighted by Gasteiger charge is 2.19. The molecule has 0 fully saturated rings. The van der Waals surface area contributed by atoms with Crippen molar-refractivity contribution >= 4 is 17.5 Å². The van der Waals surface area contributed by atoms with Gasteiger partial charge in [-0.3, -0.25) is 4.79 Å². The number of carbonyl (C=O) groups is 1. The smallest absolute Gasteiger partial charge is 0.261 e. The molecule has 0 spiro atoms. The molecule has 2 rings (SSSR count). The van der Waals surface area contributed by atoms with Crippen molar-refractivity contribution in [3.63, 3.8) is 0 Å². The molecule has 0 saturated heterocycles. The van der Waals surface area contributed by atoms with Gasteiger partial charge in [0.25, 0.3) is 5.91 Å². The highest BCUT2D eigenvalue weighted by Crippen LogP contribution is 2.24. The summed E-state index contributed by atoms with van der Waals surface area (Å²) in [6, 6.07) is 13.3. The number of hydrogen-bond acceptors (Lipinski definition) is 2. The number of benzene rings is 2. The summed E-state index contributed by atoms with van der Waals surface area (Å²) in [5.41, 5.74) is 3.44. The van der Waals surface area contributed by atoms with Crippen LogP contribution < -0.4 is 10.1 Å². The Kier molecular flexibility index (Phi) is 5.67. The third-order valence-corrected chi connectivity index (χ3v) is 4.08. The van der Waals surface area contributed by atoms with E-state index in [1.807, 2.05) is 32.9 Å². The minimum Gasteiger partial charge on any atom is -0.479 e. The van der Waals surface area contributed by atoms with Gasteiger partial charge in [-0.25, -0.2) is 0 Å². The lowest BCUT2D eigenvalue weighted by Crippen LogP contribution is -2.38. The van der Waals surface area contributed by atoms with Gasteiger partial charge < -0.3 is 10.1 Å². The second kappa shape index (κ2) is 7.51. The highest BCUT2D eigenvalue weighted by molar-refractivity contribution is 6.32. The monoisotopic (exact) mass is 331 g/mol. The van der Waals surface area contributed by atoms with Gasteiger partial charge in [-0.2, -0.15) is 0 Å². The molecule has 2 aromatic rings. The average molecular weight is 332 g/mol. The average Bonchev–Trinajstić information content (AvgIpc) is 2.51. The number of amides is 1. The van der Waals surface area contributed by atoms with E-state index in [1.165, 1.54) is 5.56 Å². The molecule has 1 N–H and O–H groups in total. The number of nitrogens with one attached hydrogen (secondary N) is 1. The number of ether oxygens (including phenoxy) is 1. The number of para-hydroxylation sites is 1. The Morgan fingerprint density at radius 3 is 2.52 bits per heavy atom. The summed E-state index contributed by atoms with van der Waals surface area (Å²) in [7, 11) is 0. The zero-order valence-electron chi connectivity index (χ0n) is 13.9. The second-order valence-electron chi connectivity index (χ2n) is 5.78. The van der Waals surface area contributed by atoms with Crippen molar-refractivity contribution in [2.24, 2.45) is 0 Å². The predicted molar refractivity (Wildman–Crippen MR) is 94.0 cm³/mol. The van der Waals surface area contributed by atoms with Crippen molar-refractivity contribution in [1.29, 1.82) is 0 Å². The quantitative estimate of drug-likeness (QED) is 0.869. The van der Waals surface area contributed by atoms with Crippen LogP contribution in [-0.4, -0.2) is 12.0 Å². The molecular weight excluding hydrogens is 310 g/mol. The highest BCUT2D eigenvalue weighted by atomic mass is 35.5. The van der Waals surface area contributed by atoms with Gasteiger partial charge in [0.1, 0.15) is 5.75 Å². The lowest BCUT2D eigenvalue weighted by atomic mass is 10.00. The molecule has 0 radical (unpaired) electrons. The van der Waals surface area contributed by atoms with Crippen LogP contribution >= 0.6 is 11.6 Å². The van der Waals surface area contributed by atoms with Crippen LogP contribution in [0.25, 0.3) is 0 Å². The summed E-state index contributed by atoms with van der Waals surface area (Å²) in [6.07, 6.45) is -0.623. The second-order valence-corrected chi connectivity index (χ2v) is 6.19. The summed E-state index contributed by atoms with van der Waals surface area (Å²) in [6.45, 7) is 7.78. The van der Waals surface area contributed by atoms with Crippen molar-refractivity contribution in [2.45, 2.75) is 39.8 Å². The Balaban J connectivity index is 2.03. The molecule has 122 valence electrons. The Morgan fingerprint density at radius 2 is 1.83 bits per heavy atom. The van der Waals surface area contributed by atoms with Gasteiger partial charge in [-0.15, -0.1) is 0 Å². The molecule has 0 bridgehead atoms. The van der Waals surface area contributed by atoms with Crippen LogP contribution in [0.1, 0.15) is 36.6 Å². The number of aryl methyl sites for hydroxylation is 2. The first-order chi connectivity index (χ1) is 10.9. The maximum atomic E-state index is 12.4. The zero-order chi connectivity index (χ0) is 17.0. The minimum atomic E-state index is -0.623. The van der Waals surface area contributed by atoms with E-state index in [0.29, 0.717) is 10.8 Å². The minimum absolute atomic E-state index is 0.0836. The van der Waals surface area contributed by atoms with Crippen LogP contribution in [0.5, 0.6) is 5.75 Å². The topological polar surface area (TPSA) is 38.3 Å². The van der Waals surface area contributed by atoms with Crippen LogP contribution in [0.2, 0.25) is 5.02 Å². The van der Waals surface area contributed by atoms with Crippen molar-refractivity contribution in [3.8, 4) is 5.75 Å². The van der Waals surface area contributed by atoms with Crippen LogP contribution in [-0.2, 0) is 4.79 Å². The molecule has 23 heavy (non-hydrogen) atoms. The fourth-order valence-electron chi connectivity index (χ4n) is 2.42. The molecule has 2 aromatic carbocycles. The van der Waals surface area contributed by atoms with E-state index >= 15 is 0 Å². The lowest BCUT2D eigenvalue weighted by Gasteiger charge is -2.21. The molecule has 0 unspecified atom stereocenters. The van der Waals surface area contributed by atoms with Crippen LogP contribution in [0.4, 0.5) is 0 Å². The number of carbonyl (C=O) groups excluding carboxylic acids is 1. The molecule has 4 heteroatoms. The van der Waals surface area contributed by atoms with Crippen LogP contribution in [0.3, 0.4) is 0 Å². The zero-order valence-corrected chi connectivity index (χ0v) is 14.6. The van der Waals surface area contributed by atoms with Gasteiger partial charge in [0, 0.05) is 0 Å². The predicted octanol–water partition coefficient (Wildman–Crippen LogP) is 4.60. The lowest BCUT2D eigenvalue weighted by molar-refractivity contribution is -0.127. The number of rotatable bonds is 5. The van der Waals surface area contributed by atoms with E-state index in [0.717, 1.165) is 11.1 Å². The van der Waals surface area contributed by atoms with Crippen LogP contribution in [0.15, 0.2) is 42.5 Å². The fraction of sp³-hybridized carbons (Fsp3) is 0.316. The van der Waals surface area contributed by atoms with Crippen molar-refractivity contribution in [2.75, 3.05) is 0 Å². The molecule has 0 saturated carbocycles. The summed E-state index contributed by atoms with van der Waals surface area (Å²) in [5.74, 6) is 0.342. The van der Waals surface area contributed by atoms with E-state index in [4.69, 9.17) is 16.3 Å². The Morgan fingerprint density at radius 1 is 1.13 bits per heavy atom. The number of hydrogen-bond donors (Lipinski definition) is 1. The molecule has 1 amide bonds. The van der Waals surface area contributed by atoms with E-state index in [2.05, 4.69) is 23.5 Å². The SMILES string of the molecule is Cc1ccc(C)c([C@@H](C)NC(=O)[C@H](C)Oc2ccccc2Cl)c1. The summed E-state index contributed by atoms with van der Waals surface area (Å²) in [5, 5.41) is 3.49. The van der Waals surface area contributed by atoms with E-state index < -0.39 is 6.10 Å². The van der Waals surface area contributed by atoms with Gasteiger partial charge in [0.05, 0.1) is 11.1 Å². The largest absolute Gasteiger partial charge is 0.479 e. The molecule has 0 aliphatic rings. The summed E-state index contributed by atoms with van der Waals surface area (Å²) < 4.78 is 5.65. The third kappa shape index (κ3) is 4.49. The van der Waals surface area contributed by atoms with E-state index in [-0.39, 0.29) is 11.9 Å². The summed E-state index contributed by atoms with van der Waals surface area (Å²) >= 11 is 6.06. The van der Waals surface area contributed by atoms with E-state index in [1.54, 1.807) is 19.1 Å². The first-order valence-corrected chi connectivity index (χ1v) is 8.05. The van der Waals surface area contributed by atoms with Gasteiger partial charge in [0.2, 0.25) is 0 Å². The maximum absolute atomic E-state index is 12.4. The van der Waals surface area contributed by atoms with Crippen LogP contribution in [0, 0.1) is 13.8 Å². The molecule has 0 aromatic heterocycles. The molecule has 2 atom stereocenters. The fourth-order valence-corrected chi connectivity index (χ4v) is 2.60. The molecule has 3 nitrogen and oxygen atoms in total.